The van der Waals surface area contributed by atoms with E-state index in [1.54, 1.807) is 13.8 Å². The first-order valence-corrected chi connectivity index (χ1v) is 12.1. The van der Waals surface area contributed by atoms with E-state index in [0.29, 0.717) is 17.9 Å². The summed E-state index contributed by atoms with van der Waals surface area (Å²) < 4.78 is 10.7. The summed E-state index contributed by atoms with van der Waals surface area (Å²) in [6.07, 6.45) is 11.9. The molecule has 0 aliphatic heterocycles. The van der Waals surface area contributed by atoms with Crippen molar-refractivity contribution in [3.8, 4) is 0 Å². The Balaban J connectivity index is 2.49. The SMILES string of the molecule is C=C(C)C(=O)OCC(CCC1CCC(CCCCC)CC1)COC(=O)C(=C)C(O)CC. The Hall–Kier alpha value is -1.62. The number of hydrogen-bond acceptors (Lipinski definition) is 5. The number of rotatable bonds is 15. The molecule has 1 saturated carbocycles. The van der Waals surface area contributed by atoms with Crippen LogP contribution in [0.3, 0.4) is 0 Å². The molecular weight excluding hydrogens is 392 g/mol. The van der Waals surface area contributed by atoms with E-state index < -0.39 is 18.0 Å². The van der Waals surface area contributed by atoms with E-state index in [1.807, 2.05) is 0 Å². The van der Waals surface area contributed by atoms with Crippen LogP contribution in [0, 0.1) is 17.8 Å². The Kier molecular flexibility index (Phi) is 13.5. The molecule has 0 aromatic rings. The highest BCUT2D eigenvalue weighted by Crippen LogP contribution is 2.35. The van der Waals surface area contributed by atoms with Gasteiger partial charge >= 0.3 is 11.9 Å². The molecule has 0 spiro atoms. The maximum absolute atomic E-state index is 12.1. The van der Waals surface area contributed by atoms with Crippen molar-refractivity contribution in [2.75, 3.05) is 13.2 Å². The highest BCUT2D eigenvalue weighted by molar-refractivity contribution is 5.88. The van der Waals surface area contributed by atoms with Gasteiger partial charge in [0.25, 0.3) is 0 Å². The van der Waals surface area contributed by atoms with Gasteiger partial charge in [-0.3, -0.25) is 0 Å². The highest BCUT2D eigenvalue weighted by Gasteiger charge is 2.24. The lowest BCUT2D eigenvalue weighted by molar-refractivity contribution is -0.145. The van der Waals surface area contributed by atoms with Crippen molar-refractivity contribution in [1.82, 2.24) is 0 Å². The van der Waals surface area contributed by atoms with Crippen LogP contribution in [0.2, 0.25) is 0 Å². The van der Waals surface area contributed by atoms with Crippen LogP contribution in [0.1, 0.15) is 91.4 Å². The molecule has 2 atom stereocenters. The van der Waals surface area contributed by atoms with Crippen molar-refractivity contribution in [2.24, 2.45) is 17.8 Å². The minimum absolute atomic E-state index is 0.0684. The lowest BCUT2D eigenvalue weighted by Crippen LogP contribution is -2.25. The Bertz CT molecular complexity index is 574. The van der Waals surface area contributed by atoms with Crippen LogP contribution in [-0.4, -0.2) is 36.4 Å². The van der Waals surface area contributed by atoms with E-state index >= 15 is 0 Å². The van der Waals surface area contributed by atoms with E-state index in [0.717, 1.165) is 18.8 Å². The van der Waals surface area contributed by atoms with Gasteiger partial charge in [0, 0.05) is 11.5 Å². The van der Waals surface area contributed by atoms with Gasteiger partial charge < -0.3 is 14.6 Å². The summed E-state index contributed by atoms with van der Waals surface area (Å²) in [5.41, 5.74) is 0.429. The van der Waals surface area contributed by atoms with Gasteiger partial charge in [-0.15, -0.1) is 0 Å². The molecule has 0 aromatic carbocycles. The summed E-state index contributed by atoms with van der Waals surface area (Å²) in [5, 5.41) is 9.78. The van der Waals surface area contributed by atoms with Crippen LogP contribution in [0.4, 0.5) is 0 Å². The fourth-order valence-corrected chi connectivity index (χ4v) is 4.16. The molecule has 1 rings (SSSR count). The zero-order valence-electron chi connectivity index (χ0n) is 20.0. The number of aliphatic hydroxyl groups is 1. The molecule has 31 heavy (non-hydrogen) atoms. The van der Waals surface area contributed by atoms with Crippen LogP contribution >= 0.6 is 0 Å². The van der Waals surface area contributed by atoms with Gasteiger partial charge in [-0.2, -0.15) is 0 Å². The smallest absolute Gasteiger partial charge is 0.336 e. The van der Waals surface area contributed by atoms with E-state index in [9.17, 15) is 14.7 Å². The summed E-state index contributed by atoms with van der Waals surface area (Å²) in [5.74, 6) is 0.496. The second kappa shape index (κ2) is 15.2. The number of esters is 2. The number of ether oxygens (including phenoxy) is 2. The fraction of sp³-hybridized carbons (Fsp3) is 0.769. The summed E-state index contributed by atoms with van der Waals surface area (Å²) in [7, 11) is 0. The second-order valence-electron chi connectivity index (χ2n) is 9.25. The van der Waals surface area contributed by atoms with Crippen molar-refractivity contribution in [3.05, 3.63) is 24.3 Å². The summed E-state index contributed by atoms with van der Waals surface area (Å²) >= 11 is 0. The minimum Gasteiger partial charge on any atom is -0.462 e. The Morgan fingerprint density at radius 1 is 0.935 bits per heavy atom. The molecule has 1 aliphatic carbocycles. The predicted octanol–water partition coefficient (Wildman–Crippen LogP) is 5.76. The number of hydrogen-bond donors (Lipinski definition) is 1. The first-order chi connectivity index (χ1) is 14.8. The van der Waals surface area contributed by atoms with E-state index in [-0.39, 0.29) is 24.7 Å². The average molecular weight is 437 g/mol. The van der Waals surface area contributed by atoms with E-state index in [2.05, 4.69) is 20.1 Å². The molecule has 1 N–H and O–H groups in total. The number of unbranched alkanes of at least 4 members (excludes halogenated alkanes) is 2. The van der Waals surface area contributed by atoms with Gasteiger partial charge in [0.1, 0.15) is 0 Å². The topological polar surface area (TPSA) is 72.8 Å². The summed E-state index contributed by atoms with van der Waals surface area (Å²) in [4.78, 5) is 23.9. The average Bonchev–Trinajstić information content (AvgIpc) is 2.77. The van der Waals surface area contributed by atoms with Gasteiger partial charge in [-0.05, 0) is 38.0 Å². The zero-order chi connectivity index (χ0) is 23.2. The third kappa shape index (κ3) is 11.0. The lowest BCUT2D eigenvalue weighted by atomic mass is 9.77. The zero-order valence-corrected chi connectivity index (χ0v) is 20.0. The molecule has 0 radical (unpaired) electrons. The molecule has 178 valence electrons. The number of carbonyl (C=O) groups is 2. The predicted molar refractivity (Wildman–Crippen MR) is 124 cm³/mol. The molecule has 0 bridgehead atoms. The van der Waals surface area contributed by atoms with Crippen molar-refractivity contribution in [3.63, 3.8) is 0 Å². The monoisotopic (exact) mass is 436 g/mol. The van der Waals surface area contributed by atoms with Gasteiger partial charge in [0.15, 0.2) is 0 Å². The normalized spacial score (nSPS) is 20.5. The van der Waals surface area contributed by atoms with Gasteiger partial charge in [0.2, 0.25) is 0 Å². The van der Waals surface area contributed by atoms with Crippen molar-refractivity contribution < 1.29 is 24.2 Å². The van der Waals surface area contributed by atoms with Gasteiger partial charge in [-0.1, -0.05) is 78.4 Å². The van der Waals surface area contributed by atoms with Crippen LogP contribution in [0.5, 0.6) is 0 Å². The maximum atomic E-state index is 12.1. The lowest BCUT2D eigenvalue weighted by Gasteiger charge is -2.29. The molecule has 0 aromatic heterocycles. The Morgan fingerprint density at radius 2 is 1.48 bits per heavy atom. The first-order valence-electron chi connectivity index (χ1n) is 12.1. The molecule has 0 saturated heterocycles. The first kappa shape index (κ1) is 27.4. The van der Waals surface area contributed by atoms with Crippen LogP contribution in [-0.2, 0) is 19.1 Å². The second-order valence-corrected chi connectivity index (χ2v) is 9.25. The third-order valence-corrected chi connectivity index (χ3v) is 6.47. The van der Waals surface area contributed by atoms with E-state index in [1.165, 1.54) is 51.4 Å². The van der Waals surface area contributed by atoms with Crippen molar-refractivity contribution in [2.45, 2.75) is 97.5 Å². The van der Waals surface area contributed by atoms with E-state index in [4.69, 9.17) is 9.47 Å². The summed E-state index contributed by atoms with van der Waals surface area (Å²) in [6, 6.07) is 0. The molecule has 0 heterocycles. The fourth-order valence-electron chi connectivity index (χ4n) is 4.16. The molecule has 2 unspecified atom stereocenters. The quantitative estimate of drug-likeness (QED) is 0.201. The van der Waals surface area contributed by atoms with Gasteiger partial charge in [0.05, 0.1) is 24.9 Å². The minimum atomic E-state index is -0.889. The largest absolute Gasteiger partial charge is 0.462 e. The molecular formula is C26H44O5. The number of aliphatic hydroxyl groups excluding tert-OH is 1. The maximum Gasteiger partial charge on any atom is 0.336 e. The molecule has 5 heteroatoms. The third-order valence-electron chi connectivity index (χ3n) is 6.47. The molecule has 5 nitrogen and oxygen atoms in total. The van der Waals surface area contributed by atoms with Crippen molar-refractivity contribution in [1.29, 1.82) is 0 Å². The highest BCUT2D eigenvalue weighted by atomic mass is 16.5. The molecule has 1 aliphatic rings. The standard InChI is InChI=1S/C26H44O5/c1-6-8-9-10-21-11-13-22(14-12-21)15-16-23(17-30-25(28)19(3)4)18-31-26(29)20(5)24(27)7-2/h21-24,27H,3,5-18H2,1-2,4H3. The number of carbonyl (C=O) groups excluding carboxylic acids is 2. The van der Waals surface area contributed by atoms with Crippen LogP contribution < -0.4 is 0 Å². The van der Waals surface area contributed by atoms with Crippen LogP contribution in [0.15, 0.2) is 24.3 Å². The molecule has 0 amide bonds. The summed E-state index contributed by atoms with van der Waals surface area (Å²) in [6.45, 7) is 13.3. The van der Waals surface area contributed by atoms with Crippen LogP contribution in [0.25, 0.3) is 0 Å². The Morgan fingerprint density at radius 3 is 2.00 bits per heavy atom. The molecule has 1 fully saturated rings. The van der Waals surface area contributed by atoms with Gasteiger partial charge in [-0.25, -0.2) is 9.59 Å². The van der Waals surface area contributed by atoms with Crippen molar-refractivity contribution >= 4 is 11.9 Å². The Labute approximate surface area is 189 Å².